The quantitative estimate of drug-likeness (QED) is 0.0945. The van der Waals surface area contributed by atoms with E-state index in [1.807, 2.05) is 37.3 Å². The fourth-order valence-corrected chi connectivity index (χ4v) is 4.79. The SMILES string of the molecule is CCCCCCCCCCCc1cccc(OCOC(=O)C(CC)[N+](C)(C)Cc2ccccc2)c1. The summed E-state index contributed by atoms with van der Waals surface area (Å²) in [5.41, 5.74) is 2.49. The number of likely N-dealkylation sites (N-methyl/N-ethyl adjacent to an activating group) is 1. The number of benzene rings is 2. The molecule has 0 aliphatic carbocycles. The van der Waals surface area contributed by atoms with Gasteiger partial charge in [0.2, 0.25) is 6.79 Å². The molecule has 0 radical (unpaired) electrons. The molecule has 0 aliphatic rings. The number of ether oxygens (including phenoxy) is 2. The van der Waals surface area contributed by atoms with E-state index in [0.29, 0.717) is 10.9 Å². The summed E-state index contributed by atoms with van der Waals surface area (Å²) in [7, 11) is 4.17. The predicted molar refractivity (Wildman–Crippen MR) is 145 cm³/mol. The Hall–Kier alpha value is -2.33. The number of hydrogen-bond acceptors (Lipinski definition) is 3. The minimum Gasteiger partial charge on any atom is -0.457 e. The van der Waals surface area contributed by atoms with Gasteiger partial charge in [-0.25, -0.2) is 4.79 Å². The van der Waals surface area contributed by atoms with Crippen LogP contribution in [-0.4, -0.2) is 37.4 Å². The number of rotatable bonds is 18. The molecule has 0 bridgehead atoms. The first kappa shape index (κ1) is 28.9. The van der Waals surface area contributed by atoms with E-state index in [4.69, 9.17) is 9.47 Å². The van der Waals surface area contributed by atoms with E-state index < -0.39 is 0 Å². The van der Waals surface area contributed by atoms with Gasteiger partial charge >= 0.3 is 5.97 Å². The Bertz CT molecular complexity index is 834. The predicted octanol–water partition coefficient (Wildman–Crippen LogP) is 7.69. The summed E-state index contributed by atoms with van der Waals surface area (Å²) in [6, 6.07) is 18.2. The van der Waals surface area contributed by atoms with Crippen LogP contribution < -0.4 is 4.74 Å². The Labute approximate surface area is 214 Å². The molecular formula is C31H48NO3+. The van der Waals surface area contributed by atoms with Gasteiger partial charge in [0.15, 0.2) is 6.04 Å². The van der Waals surface area contributed by atoms with E-state index in [9.17, 15) is 4.79 Å². The summed E-state index contributed by atoms with van der Waals surface area (Å²) in [5.74, 6) is 0.552. The highest BCUT2D eigenvalue weighted by atomic mass is 16.7. The first-order chi connectivity index (χ1) is 17.0. The number of aryl methyl sites for hydroxylation is 1. The van der Waals surface area contributed by atoms with Crippen LogP contribution in [-0.2, 0) is 22.5 Å². The zero-order valence-corrected chi connectivity index (χ0v) is 22.6. The summed E-state index contributed by atoms with van der Waals surface area (Å²) in [4.78, 5) is 12.9. The van der Waals surface area contributed by atoms with Gasteiger partial charge in [-0.3, -0.25) is 0 Å². The van der Waals surface area contributed by atoms with Gasteiger partial charge in [0.25, 0.3) is 0 Å². The first-order valence-corrected chi connectivity index (χ1v) is 13.7. The smallest absolute Gasteiger partial charge is 0.367 e. The molecule has 35 heavy (non-hydrogen) atoms. The lowest BCUT2D eigenvalue weighted by Crippen LogP contribution is -2.52. The molecule has 4 nitrogen and oxygen atoms in total. The Balaban J connectivity index is 1.71. The number of quaternary nitrogens is 1. The van der Waals surface area contributed by atoms with Crippen LogP contribution in [0.25, 0.3) is 0 Å². The first-order valence-electron chi connectivity index (χ1n) is 13.7. The summed E-state index contributed by atoms with van der Waals surface area (Å²) >= 11 is 0. The number of nitrogens with zero attached hydrogens (tertiary/aromatic N) is 1. The molecule has 0 N–H and O–H groups in total. The van der Waals surface area contributed by atoms with Crippen LogP contribution in [0.3, 0.4) is 0 Å². The van der Waals surface area contributed by atoms with Crippen molar-refractivity contribution in [1.82, 2.24) is 0 Å². The van der Waals surface area contributed by atoms with Crippen LogP contribution in [0.1, 0.15) is 89.2 Å². The molecule has 194 valence electrons. The number of carbonyl (C=O) groups excluding carboxylic acids is 1. The van der Waals surface area contributed by atoms with Gasteiger partial charge in [0.1, 0.15) is 12.3 Å². The Morgan fingerprint density at radius 1 is 0.800 bits per heavy atom. The lowest BCUT2D eigenvalue weighted by Gasteiger charge is -2.36. The van der Waals surface area contributed by atoms with E-state index in [0.717, 1.165) is 18.7 Å². The average Bonchev–Trinajstić information content (AvgIpc) is 2.84. The molecule has 2 rings (SSSR count). The molecule has 0 amide bonds. The molecule has 0 heterocycles. The van der Waals surface area contributed by atoms with E-state index in [2.05, 4.69) is 45.3 Å². The van der Waals surface area contributed by atoms with Gasteiger partial charge in [0, 0.05) is 12.0 Å². The minimum absolute atomic E-state index is 0.0534. The molecule has 2 aromatic carbocycles. The van der Waals surface area contributed by atoms with Crippen LogP contribution >= 0.6 is 0 Å². The standard InChI is InChI=1S/C31H48NO3/c1-5-7-8-9-10-11-12-13-15-19-27-22-18-23-29(24-27)34-26-35-31(33)30(6-2)32(3,4)25-28-20-16-14-17-21-28/h14,16-18,20-24,30H,5-13,15,19,25-26H2,1-4H3/q+1. The van der Waals surface area contributed by atoms with Gasteiger partial charge < -0.3 is 14.0 Å². The number of carbonyl (C=O) groups is 1. The van der Waals surface area contributed by atoms with Gasteiger partial charge in [-0.2, -0.15) is 0 Å². The Morgan fingerprint density at radius 2 is 1.43 bits per heavy atom. The van der Waals surface area contributed by atoms with E-state index in [1.165, 1.54) is 68.9 Å². The fraction of sp³-hybridized carbons (Fsp3) is 0.581. The normalized spacial score (nSPS) is 12.3. The van der Waals surface area contributed by atoms with Crippen LogP contribution in [0, 0.1) is 0 Å². The van der Waals surface area contributed by atoms with Crippen molar-refractivity contribution in [1.29, 1.82) is 0 Å². The summed E-state index contributed by atoms with van der Waals surface area (Å²) in [5, 5.41) is 0. The maximum absolute atomic E-state index is 12.9. The van der Waals surface area contributed by atoms with E-state index in [-0.39, 0.29) is 18.8 Å². The van der Waals surface area contributed by atoms with Crippen molar-refractivity contribution in [2.45, 2.75) is 97.1 Å². The third-order valence-electron chi connectivity index (χ3n) is 6.83. The van der Waals surface area contributed by atoms with Crippen LogP contribution in [0.2, 0.25) is 0 Å². The average molecular weight is 483 g/mol. The highest BCUT2D eigenvalue weighted by Gasteiger charge is 2.35. The third kappa shape index (κ3) is 11.3. The van der Waals surface area contributed by atoms with Crippen molar-refractivity contribution in [2.24, 2.45) is 0 Å². The lowest BCUT2D eigenvalue weighted by atomic mass is 10.0. The molecule has 0 saturated carbocycles. The molecule has 0 aromatic heterocycles. The van der Waals surface area contributed by atoms with Crippen molar-refractivity contribution in [2.75, 3.05) is 20.9 Å². The molecule has 0 fully saturated rings. The largest absolute Gasteiger partial charge is 0.457 e. The maximum atomic E-state index is 12.9. The van der Waals surface area contributed by atoms with Crippen molar-refractivity contribution in [3.63, 3.8) is 0 Å². The fourth-order valence-electron chi connectivity index (χ4n) is 4.79. The second kappa shape index (κ2) is 16.4. The molecule has 4 heteroatoms. The monoisotopic (exact) mass is 482 g/mol. The van der Waals surface area contributed by atoms with Crippen LogP contribution in [0.4, 0.5) is 0 Å². The maximum Gasteiger partial charge on any atom is 0.367 e. The van der Waals surface area contributed by atoms with Gasteiger partial charge in [0.05, 0.1) is 14.1 Å². The van der Waals surface area contributed by atoms with Crippen LogP contribution in [0.15, 0.2) is 54.6 Å². The summed E-state index contributed by atoms with van der Waals surface area (Å²) < 4.78 is 11.9. The van der Waals surface area contributed by atoms with Gasteiger partial charge in [-0.05, 0) is 30.5 Å². The second-order valence-electron chi connectivity index (χ2n) is 10.3. The second-order valence-corrected chi connectivity index (χ2v) is 10.3. The molecule has 0 spiro atoms. The van der Waals surface area contributed by atoms with Crippen LogP contribution in [0.5, 0.6) is 5.75 Å². The van der Waals surface area contributed by atoms with Crippen molar-refractivity contribution < 1.29 is 18.8 Å². The molecular weight excluding hydrogens is 434 g/mol. The minimum atomic E-state index is -0.239. The highest BCUT2D eigenvalue weighted by Crippen LogP contribution is 2.19. The number of unbranched alkanes of at least 4 members (excludes halogenated alkanes) is 8. The number of esters is 1. The molecule has 0 aliphatic heterocycles. The van der Waals surface area contributed by atoms with Crippen molar-refractivity contribution in [3.8, 4) is 5.75 Å². The zero-order valence-electron chi connectivity index (χ0n) is 22.6. The molecule has 0 saturated heterocycles. The van der Waals surface area contributed by atoms with Gasteiger partial charge in [-0.1, -0.05) is 108 Å². The number of hydrogen-bond donors (Lipinski definition) is 0. The highest BCUT2D eigenvalue weighted by molar-refractivity contribution is 5.74. The van der Waals surface area contributed by atoms with E-state index in [1.54, 1.807) is 0 Å². The molecule has 1 unspecified atom stereocenters. The lowest BCUT2D eigenvalue weighted by molar-refractivity contribution is -0.919. The van der Waals surface area contributed by atoms with Gasteiger partial charge in [-0.15, -0.1) is 0 Å². The summed E-state index contributed by atoms with van der Waals surface area (Å²) in [6.07, 6.45) is 13.8. The summed E-state index contributed by atoms with van der Waals surface area (Å²) in [6.45, 7) is 5.02. The topological polar surface area (TPSA) is 35.5 Å². The zero-order chi connectivity index (χ0) is 25.4. The third-order valence-corrected chi connectivity index (χ3v) is 6.83. The molecule has 1 atom stereocenters. The molecule has 2 aromatic rings. The van der Waals surface area contributed by atoms with E-state index >= 15 is 0 Å². The van der Waals surface area contributed by atoms with Crippen molar-refractivity contribution >= 4 is 5.97 Å². The Kier molecular flexibility index (Phi) is 13.5. The Morgan fingerprint density at radius 3 is 2.09 bits per heavy atom. The van der Waals surface area contributed by atoms with Crippen molar-refractivity contribution in [3.05, 3.63) is 65.7 Å².